The standard InChI is InChI=1S/C16H36NO3P/c1-3-5-6-7-8-9-10-11-12-13-14-15-16-17-21(18,19)20-4-2/h3-16H2,1-2H3,(H2,17,18,19). The van der Waals surface area contributed by atoms with Crippen LogP contribution in [0.25, 0.3) is 0 Å². The SMILES string of the molecule is CCCCCCCCCCCCCCNP(=O)(O)OCC. The molecular formula is C16H36NO3P. The highest BCUT2D eigenvalue weighted by Gasteiger charge is 2.16. The van der Waals surface area contributed by atoms with Gasteiger partial charge in [-0.05, 0) is 13.3 Å². The Kier molecular flexibility index (Phi) is 15.1. The van der Waals surface area contributed by atoms with E-state index in [4.69, 9.17) is 4.52 Å². The fourth-order valence-corrected chi connectivity index (χ4v) is 3.29. The highest BCUT2D eigenvalue weighted by Crippen LogP contribution is 2.35. The number of hydrogen-bond acceptors (Lipinski definition) is 2. The molecule has 0 aromatic carbocycles. The second-order valence-corrected chi connectivity index (χ2v) is 7.35. The summed E-state index contributed by atoms with van der Waals surface area (Å²) in [5.74, 6) is 0. The van der Waals surface area contributed by atoms with Gasteiger partial charge in [-0.3, -0.25) is 4.52 Å². The lowest BCUT2D eigenvalue weighted by molar-refractivity contribution is 0.263. The molecule has 0 amide bonds. The van der Waals surface area contributed by atoms with Gasteiger partial charge in [0.2, 0.25) is 0 Å². The topological polar surface area (TPSA) is 58.6 Å². The van der Waals surface area contributed by atoms with E-state index in [0.717, 1.165) is 12.8 Å². The zero-order valence-electron chi connectivity index (χ0n) is 14.1. The second-order valence-electron chi connectivity index (χ2n) is 5.74. The van der Waals surface area contributed by atoms with Crippen LogP contribution in [0, 0.1) is 0 Å². The summed E-state index contributed by atoms with van der Waals surface area (Å²) < 4.78 is 16.1. The lowest BCUT2D eigenvalue weighted by Gasteiger charge is -2.11. The third kappa shape index (κ3) is 16.3. The summed E-state index contributed by atoms with van der Waals surface area (Å²) >= 11 is 0. The van der Waals surface area contributed by atoms with Gasteiger partial charge in [-0.15, -0.1) is 0 Å². The molecule has 0 aliphatic heterocycles. The van der Waals surface area contributed by atoms with Gasteiger partial charge in [-0.1, -0.05) is 77.6 Å². The molecular weight excluding hydrogens is 285 g/mol. The summed E-state index contributed by atoms with van der Waals surface area (Å²) in [5.41, 5.74) is 0. The lowest BCUT2D eigenvalue weighted by atomic mass is 10.1. The van der Waals surface area contributed by atoms with Crippen molar-refractivity contribution in [3.63, 3.8) is 0 Å². The summed E-state index contributed by atoms with van der Waals surface area (Å²) in [6.07, 6.45) is 15.6. The third-order valence-electron chi connectivity index (χ3n) is 3.65. The monoisotopic (exact) mass is 321 g/mol. The molecule has 0 saturated heterocycles. The van der Waals surface area contributed by atoms with Crippen LogP contribution in [0.5, 0.6) is 0 Å². The Balaban J connectivity index is 3.14. The van der Waals surface area contributed by atoms with Crippen LogP contribution in [0.1, 0.15) is 90.9 Å². The van der Waals surface area contributed by atoms with Crippen LogP contribution in [0.4, 0.5) is 0 Å². The Hall–Kier alpha value is 0.110. The van der Waals surface area contributed by atoms with Crippen LogP contribution < -0.4 is 5.09 Å². The van der Waals surface area contributed by atoms with E-state index in [9.17, 15) is 9.46 Å². The molecule has 2 N–H and O–H groups in total. The molecule has 0 rings (SSSR count). The van der Waals surface area contributed by atoms with Crippen LogP contribution >= 0.6 is 7.75 Å². The van der Waals surface area contributed by atoms with Crippen LogP contribution in [0.15, 0.2) is 0 Å². The molecule has 1 atom stereocenters. The van der Waals surface area contributed by atoms with E-state index in [0.29, 0.717) is 6.54 Å². The van der Waals surface area contributed by atoms with Crippen molar-refractivity contribution in [1.82, 2.24) is 5.09 Å². The van der Waals surface area contributed by atoms with Gasteiger partial charge in [0.15, 0.2) is 0 Å². The highest BCUT2D eigenvalue weighted by molar-refractivity contribution is 7.50. The molecule has 5 heteroatoms. The molecule has 0 fully saturated rings. The molecule has 0 aromatic heterocycles. The lowest BCUT2D eigenvalue weighted by Crippen LogP contribution is -2.13. The fourth-order valence-electron chi connectivity index (χ4n) is 2.41. The van der Waals surface area contributed by atoms with E-state index in [1.54, 1.807) is 6.92 Å². The molecule has 0 radical (unpaired) electrons. The molecule has 0 saturated carbocycles. The Morgan fingerprint density at radius 2 is 1.24 bits per heavy atom. The number of nitrogens with one attached hydrogen (secondary N) is 1. The molecule has 1 unspecified atom stereocenters. The van der Waals surface area contributed by atoms with Crippen LogP contribution in [0.2, 0.25) is 0 Å². The first kappa shape index (κ1) is 21.1. The van der Waals surface area contributed by atoms with Crippen molar-refractivity contribution in [3.05, 3.63) is 0 Å². The van der Waals surface area contributed by atoms with Gasteiger partial charge in [0.25, 0.3) is 0 Å². The van der Waals surface area contributed by atoms with Crippen molar-refractivity contribution in [2.24, 2.45) is 0 Å². The van der Waals surface area contributed by atoms with Crippen molar-refractivity contribution >= 4 is 7.75 Å². The smallest absolute Gasteiger partial charge is 0.312 e. The van der Waals surface area contributed by atoms with E-state index in [-0.39, 0.29) is 6.61 Å². The predicted octanol–water partition coefficient (Wildman–Crippen LogP) is 5.41. The van der Waals surface area contributed by atoms with Crippen molar-refractivity contribution in [1.29, 1.82) is 0 Å². The minimum Gasteiger partial charge on any atom is -0.312 e. The molecule has 0 aliphatic rings. The first-order valence-corrected chi connectivity index (χ1v) is 10.4. The maximum absolute atomic E-state index is 11.3. The van der Waals surface area contributed by atoms with Crippen LogP contribution in [-0.4, -0.2) is 18.0 Å². The molecule has 128 valence electrons. The number of unbranched alkanes of at least 4 members (excludes halogenated alkanes) is 11. The Morgan fingerprint density at radius 1 is 0.810 bits per heavy atom. The van der Waals surface area contributed by atoms with Gasteiger partial charge < -0.3 is 4.89 Å². The fraction of sp³-hybridized carbons (Fsp3) is 1.00. The molecule has 0 bridgehead atoms. The second kappa shape index (κ2) is 15.0. The third-order valence-corrected chi connectivity index (χ3v) is 4.88. The number of rotatable bonds is 16. The molecule has 0 aliphatic carbocycles. The molecule has 0 spiro atoms. The quantitative estimate of drug-likeness (QED) is 0.294. The number of hydrogen-bond donors (Lipinski definition) is 2. The van der Waals surface area contributed by atoms with E-state index in [1.807, 2.05) is 0 Å². The van der Waals surface area contributed by atoms with Crippen molar-refractivity contribution in [3.8, 4) is 0 Å². The highest BCUT2D eigenvalue weighted by atomic mass is 31.2. The van der Waals surface area contributed by atoms with Crippen LogP contribution in [-0.2, 0) is 9.09 Å². The largest absolute Gasteiger partial charge is 0.402 e. The Labute approximate surface area is 131 Å². The van der Waals surface area contributed by atoms with Crippen LogP contribution in [0.3, 0.4) is 0 Å². The molecule has 4 nitrogen and oxygen atoms in total. The summed E-state index contributed by atoms with van der Waals surface area (Å²) in [6, 6.07) is 0. The Bertz CT molecular complexity index is 262. The average Bonchev–Trinajstić information content (AvgIpc) is 2.44. The van der Waals surface area contributed by atoms with Gasteiger partial charge in [0.1, 0.15) is 0 Å². The average molecular weight is 321 g/mol. The summed E-state index contributed by atoms with van der Waals surface area (Å²) in [6.45, 7) is 4.80. The summed E-state index contributed by atoms with van der Waals surface area (Å²) in [7, 11) is -3.52. The van der Waals surface area contributed by atoms with Crippen molar-refractivity contribution in [2.75, 3.05) is 13.2 Å². The minimum absolute atomic E-state index is 0.263. The molecule has 0 aromatic rings. The summed E-state index contributed by atoms with van der Waals surface area (Å²) in [5, 5.41) is 2.58. The zero-order chi connectivity index (χ0) is 15.8. The van der Waals surface area contributed by atoms with E-state index in [1.165, 1.54) is 64.2 Å². The van der Waals surface area contributed by atoms with E-state index >= 15 is 0 Å². The summed E-state index contributed by atoms with van der Waals surface area (Å²) in [4.78, 5) is 9.31. The van der Waals surface area contributed by atoms with Gasteiger partial charge in [-0.25, -0.2) is 9.65 Å². The van der Waals surface area contributed by atoms with E-state index in [2.05, 4.69) is 12.0 Å². The molecule has 0 heterocycles. The first-order valence-electron chi connectivity index (χ1n) is 8.85. The Morgan fingerprint density at radius 3 is 1.67 bits per heavy atom. The maximum Gasteiger partial charge on any atom is 0.402 e. The minimum atomic E-state index is -3.52. The van der Waals surface area contributed by atoms with Gasteiger partial charge in [0.05, 0.1) is 6.61 Å². The van der Waals surface area contributed by atoms with Gasteiger partial charge in [-0.2, -0.15) is 0 Å². The van der Waals surface area contributed by atoms with Crippen molar-refractivity contribution < 1.29 is 14.0 Å². The normalized spacial score (nSPS) is 14.2. The van der Waals surface area contributed by atoms with E-state index < -0.39 is 7.75 Å². The zero-order valence-corrected chi connectivity index (χ0v) is 15.0. The van der Waals surface area contributed by atoms with Crippen molar-refractivity contribution in [2.45, 2.75) is 90.9 Å². The van der Waals surface area contributed by atoms with Gasteiger partial charge in [0, 0.05) is 6.54 Å². The predicted molar refractivity (Wildman–Crippen MR) is 90.5 cm³/mol. The van der Waals surface area contributed by atoms with Gasteiger partial charge >= 0.3 is 7.75 Å². The molecule has 21 heavy (non-hydrogen) atoms. The maximum atomic E-state index is 11.3. The first-order chi connectivity index (χ1) is 10.1.